The van der Waals surface area contributed by atoms with Gasteiger partial charge in [0.25, 0.3) is 5.91 Å². The second kappa shape index (κ2) is 9.34. The molecule has 0 radical (unpaired) electrons. The molecule has 0 spiro atoms. The molecule has 1 aliphatic rings. The number of anilines is 1. The molecule has 0 unspecified atom stereocenters. The summed E-state index contributed by atoms with van der Waals surface area (Å²) in [5.74, 6) is 1.17. The normalized spacial score (nSPS) is 13.9. The second-order valence-corrected chi connectivity index (χ2v) is 8.55. The molecular formula is C26H23N7O4. The number of piperazine rings is 1. The van der Waals surface area contributed by atoms with E-state index < -0.39 is 0 Å². The number of fused-ring (bicyclic) bond motifs is 2. The lowest BCUT2D eigenvalue weighted by molar-refractivity contribution is 0.0715. The fourth-order valence-electron chi connectivity index (χ4n) is 4.48. The summed E-state index contributed by atoms with van der Waals surface area (Å²) in [4.78, 5) is 38.1. The maximum atomic E-state index is 13.1. The first kappa shape index (κ1) is 22.7. The van der Waals surface area contributed by atoms with Crippen LogP contribution in [0.1, 0.15) is 17.5 Å². The molecule has 6 rings (SSSR count). The Labute approximate surface area is 210 Å². The van der Waals surface area contributed by atoms with Crippen molar-refractivity contribution in [3.8, 4) is 11.4 Å². The number of hydrogen-bond acceptors (Lipinski definition) is 9. The Morgan fingerprint density at radius 3 is 2.59 bits per heavy atom. The molecule has 2 aromatic carbocycles. The average Bonchev–Trinajstić information content (AvgIpc) is 3.38. The van der Waals surface area contributed by atoms with E-state index in [-0.39, 0.29) is 17.1 Å². The summed E-state index contributed by atoms with van der Waals surface area (Å²) < 4.78 is 12.9. The Balaban J connectivity index is 1.21. The summed E-state index contributed by atoms with van der Waals surface area (Å²) >= 11 is 0. The topological polar surface area (TPSA) is 119 Å². The first-order valence-electron chi connectivity index (χ1n) is 12.0. The van der Waals surface area contributed by atoms with Crippen LogP contribution in [0.3, 0.4) is 0 Å². The van der Waals surface area contributed by atoms with Crippen molar-refractivity contribution in [2.45, 2.75) is 6.92 Å². The van der Waals surface area contributed by atoms with Crippen LogP contribution in [0.25, 0.3) is 27.8 Å². The van der Waals surface area contributed by atoms with Crippen LogP contribution >= 0.6 is 0 Å². The maximum Gasteiger partial charge on any atom is 0.289 e. The second-order valence-electron chi connectivity index (χ2n) is 8.55. The number of para-hydroxylation sites is 1. The van der Waals surface area contributed by atoms with E-state index in [0.29, 0.717) is 60.7 Å². The van der Waals surface area contributed by atoms with Gasteiger partial charge in [0.1, 0.15) is 17.7 Å². The highest BCUT2D eigenvalue weighted by atomic mass is 16.5. The van der Waals surface area contributed by atoms with Gasteiger partial charge in [-0.25, -0.2) is 9.97 Å². The quantitative estimate of drug-likeness (QED) is 0.361. The number of aromatic nitrogens is 5. The van der Waals surface area contributed by atoms with Crippen LogP contribution in [0.15, 0.2) is 70.1 Å². The molecule has 4 heterocycles. The van der Waals surface area contributed by atoms with Crippen LogP contribution < -0.4 is 15.1 Å². The van der Waals surface area contributed by atoms with Crippen molar-refractivity contribution in [3.05, 3.63) is 76.9 Å². The summed E-state index contributed by atoms with van der Waals surface area (Å²) in [5.41, 5.74) is 2.14. The summed E-state index contributed by atoms with van der Waals surface area (Å²) in [7, 11) is 0. The van der Waals surface area contributed by atoms with Gasteiger partial charge in [-0.3, -0.25) is 9.59 Å². The number of ether oxygens (including phenoxy) is 1. The van der Waals surface area contributed by atoms with E-state index in [4.69, 9.17) is 9.15 Å². The molecule has 0 aliphatic carbocycles. The van der Waals surface area contributed by atoms with Gasteiger partial charge in [0.2, 0.25) is 0 Å². The van der Waals surface area contributed by atoms with Crippen molar-refractivity contribution in [2.75, 3.05) is 37.7 Å². The van der Waals surface area contributed by atoms with Crippen LogP contribution in [0, 0.1) is 0 Å². The molecule has 0 atom stereocenters. The first-order chi connectivity index (χ1) is 18.1. The Hall–Kier alpha value is -4.80. The van der Waals surface area contributed by atoms with Crippen LogP contribution in [-0.2, 0) is 0 Å². The third-order valence-corrected chi connectivity index (χ3v) is 6.32. The van der Waals surface area contributed by atoms with Gasteiger partial charge in [0.15, 0.2) is 28.2 Å². The number of carbonyl (C=O) groups excluding carboxylic acids is 1. The molecule has 37 heavy (non-hydrogen) atoms. The summed E-state index contributed by atoms with van der Waals surface area (Å²) in [6, 6.07) is 15.7. The van der Waals surface area contributed by atoms with Gasteiger partial charge in [-0.1, -0.05) is 17.3 Å². The Bertz CT molecular complexity index is 1650. The highest BCUT2D eigenvalue weighted by Crippen LogP contribution is 2.25. The van der Waals surface area contributed by atoms with Gasteiger partial charge in [-0.15, -0.1) is 5.10 Å². The van der Waals surface area contributed by atoms with E-state index in [2.05, 4.69) is 25.2 Å². The zero-order valence-electron chi connectivity index (χ0n) is 20.1. The smallest absolute Gasteiger partial charge is 0.289 e. The van der Waals surface area contributed by atoms with Crippen molar-refractivity contribution < 1.29 is 13.9 Å². The minimum absolute atomic E-state index is 0.0416. The fraction of sp³-hybridized carbons (Fsp3) is 0.231. The Morgan fingerprint density at radius 2 is 1.81 bits per heavy atom. The van der Waals surface area contributed by atoms with Gasteiger partial charge in [0.05, 0.1) is 17.7 Å². The van der Waals surface area contributed by atoms with Crippen molar-refractivity contribution in [2.24, 2.45) is 0 Å². The van der Waals surface area contributed by atoms with Crippen LogP contribution in [0.2, 0.25) is 0 Å². The predicted molar refractivity (Wildman–Crippen MR) is 136 cm³/mol. The van der Waals surface area contributed by atoms with Crippen LogP contribution in [0.4, 0.5) is 5.82 Å². The van der Waals surface area contributed by atoms with Crippen LogP contribution in [0.5, 0.6) is 5.75 Å². The fourth-order valence-corrected chi connectivity index (χ4v) is 4.48. The summed E-state index contributed by atoms with van der Waals surface area (Å²) in [6.07, 6.45) is 1.49. The molecule has 11 heteroatoms. The number of benzene rings is 2. The SMILES string of the molecule is CCOc1ccc(-n2nnc3c(N4CCN(C(=O)c5cc(=O)c6ccccc6o5)CC4)ncnc32)cc1. The van der Waals surface area contributed by atoms with Crippen molar-refractivity contribution >= 4 is 33.9 Å². The molecule has 0 bridgehead atoms. The highest BCUT2D eigenvalue weighted by molar-refractivity contribution is 5.93. The van der Waals surface area contributed by atoms with Gasteiger partial charge >= 0.3 is 0 Å². The molecule has 0 N–H and O–H groups in total. The molecule has 5 aromatic rings. The average molecular weight is 498 g/mol. The molecule has 0 saturated carbocycles. The molecule has 186 valence electrons. The lowest BCUT2D eigenvalue weighted by atomic mass is 10.2. The van der Waals surface area contributed by atoms with Crippen molar-refractivity contribution in [1.82, 2.24) is 29.9 Å². The zero-order valence-corrected chi connectivity index (χ0v) is 20.1. The van der Waals surface area contributed by atoms with E-state index in [9.17, 15) is 9.59 Å². The van der Waals surface area contributed by atoms with E-state index >= 15 is 0 Å². The minimum Gasteiger partial charge on any atom is -0.494 e. The third-order valence-electron chi connectivity index (χ3n) is 6.32. The summed E-state index contributed by atoms with van der Waals surface area (Å²) in [5, 5.41) is 9.11. The summed E-state index contributed by atoms with van der Waals surface area (Å²) in [6.45, 7) is 4.48. The standard InChI is InChI=1S/C26H23N7O4/c1-2-36-18-9-7-17(8-10-18)33-25-23(29-30-33)24(27-16-28-25)31-11-13-32(14-12-31)26(35)22-15-20(34)19-5-3-4-6-21(19)37-22/h3-10,15-16H,2,11-14H2,1H3. The number of hydrogen-bond donors (Lipinski definition) is 0. The predicted octanol–water partition coefficient (Wildman–Crippen LogP) is 2.68. The first-order valence-corrected chi connectivity index (χ1v) is 12.0. The molecule has 1 amide bonds. The largest absolute Gasteiger partial charge is 0.494 e. The van der Waals surface area contributed by atoms with Gasteiger partial charge in [-0.05, 0) is 43.3 Å². The van der Waals surface area contributed by atoms with E-state index in [1.54, 1.807) is 33.8 Å². The molecule has 1 fully saturated rings. The number of rotatable bonds is 5. The number of amides is 1. The lowest BCUT2D eigenvalue weighted by Crippen LogP contribution is -2.49. The maximum absolute atomic E-state index is 13.1. The number of nitrogens with zero attached hydrogens (tertiary/aromatic N) is 7. The third kappa shape index (κ3) is 4.14. The Morgan fingerprint density at radius 1 is 1.03 bits per heavy atom. The molecule has 1 aliphatic heterocycles. The molecular weight excluding hydrogens is 474 g/mol. The van der Waals surface area contributed by atoms with Gasteiger partial charge in [-0.2, -0.15) is 4.68 Å². The van der Waals surface area contributed by atoms with Crippen LogP contribution in [-0.4, -0.2) is 68.6 Å². The highest BCUT2D eigenvalue weighted by Gasteiger charge is 2.27. The monoisotopic (exact) mass is 497 g/mol. The molecule has 3 aromatic heterocycles. The minimum atomic E-state index is -0.309. The van der Waals surface area contributed by atoms with Crippen molar-refractivity contribution in [3.63, 3.8) is 0 Å². The van der Waals surface area contributed by atoms with Crippen molar-refractivity contribution in [1.29, 1.82) is 0 Å². The van der Waals surface area contributed by atoms with E-state index in [1.165, 1.54) is 12.4 Å². The van der Waals surface area contributed by atoms with Gasteiger partial charge in [0, 0.05) is 32.2 Å². The van der Waals surface area contributed by atoms with E-state index in [0.717, 1.165) is 11.4 Å². The Kier molecular flexibility index (Phi) is 5.72. The van der Waals surface area contributed by atoms with Gasteiger partial charge < -0.3 is 19.0 Å². The molecule has 1 saturated heterocycles. The van der Waals surface area contributed by atoms with E-state index in [1.807, 2.05) is 31.2 Å². The zero-order chi connectivity index (χ0) is 25.4. The lowest BCUT2D eigenvalue weighted by Gasteiger charge is -2.35. The number of carbonyl (C=O) groups is 1. The molecule has 11 nitrogen and oxygen atoms in total.